The van der Waals surface area contributed by atoms with Crippen LogP contribution in [0.1, 0.15) is 11.3 Å². The lowest BCUT2D eigenvalue weighted by Gasteiger charge is -2.34. The first-order valence-electron chi connectivity index (χ1n) is 6.18. The number of aromatic nitrogens is 1. The number of nitrogens with two attached hydrogens (primary N) is 1. The molecule has 20 heavy (non-hydrogen) atoms. The first-order chi connectivity index (χ1) is 9.38. The molecular weight excluding hydrogens is 296 g/mol. The second kappa shape index (κ2) is 6.11. The van der Waals surface area contributed by atoms with E-state index in [-0.39, 0.29) is 5.84 Å². The van der Waals surface area contributed by atoms with Crippen LogP contribution >= 0.6 is 11.8 Å². The molecule has 1 aromatic heterocycles. The molecule has 1 fully saturated rings. The molecule has 6 nitrogen and oxygen atoms in total. The van der Waals surface area contributed by atoms with Gasteiger partial charge in [0.2, 0.25) is 0 Å². The van der Waals surface area contributed by atoms with Crippen molar-refractivity contribution in [2.45, 2.75) is 11.9 Å². The topological polar surface area (TPSA) is 100 Å². The third-order valence-corrected chi connectivity index (χ3v) is 5.86. The maximum atomic E-state index is 11.8. The standard InChI is InChI=1S/C12H18N4O2S2/c1-20(17,18)11-8-19-5-4-16(11)7-9-2-3-15-10(6-9)12(13)14/h2-3,6,11H,4-5,7-8H2,1H3,(H3,13,14). The molecule has 1 aromatic rings. The van der Waals surface area contributed by atoms with Crippen molar-refractivity contribution in [3.8, 4) is 0 Å². The van der Waals surface area contributed by atoms with Crippen molar-refractivity contribution in [2.24, 2.45) is 5.73 Å². The van der Waals surface area contributed by atoms with E-state index < -0.39 is 15.2 Å². The van der Waals surface area contributed by atoms with Gasteiger partial charge in [-0.25, -0.2) is 8.42 Å². The van der Waals surface area contributed by atoms with Gasteiger partial charge in [0.25, 0.3) is 0 Å². The molecule has 8 heteroatoms. The Morgan fingerprint density at radius 3 is 3.05 bits per heavy atom. The summed E-state index contributed by atoms with van der Waals surface area (Å²) in [6, 6.07) is 3.57. The molecule has 1 aliphatic heterocycles. The molecule has 0 aromatic carbocycles. The molecule has 0 bridgehead atoms. The lowest BCUT2D eigenvalue weighted by Crippen LogP contribution is -2.46. The number of amidine groups is 1. The van der Waals surface area contributed by atoms with Crippen LogP contribution in [-0.2, 0) is 16.4 Å². The molecule has 0 spiro atoms. The average molecular weight is 314 g/mol. The lowest BCUT2D eigenvalue weighted by molar-refractivity contribution is 0.262. The first-order valence-corrected chi connectivity index (χ1v) is 9.29. The summed E-state index contributed by atoms with van der Waals surface area (Å²) in [6.07, 6.45) is 2.88. The van der Waals surface area contributed by atoms with Gasteiger partial charge in [-0.05, 0) is 17.7 Å². The van der Waals surface area contributed by atoms with Crippen LogP contribution in [-0.4, -0.2) is 53.8 Å². The highest BCUT2D eigenvalue weighted by Gasteiger charge is 2.30. The molecule has 1 saturated heterocycles. The number of pyridine rings is 1. The monoisotopic (exact) mass is 314 g/mol. The zero-order chi connectivity index (χ0) is 14.8. The van der Waals surface area contributed by atoms with Crippen molar-refractivity contribution < 1.29 is 8.42 Å². The van der Waals surface area contributed by atoms with Crippen LogP contribution < -0.4 is 5.73 Å². The molecule has 1 atom stereocenters. The fourth-order valence-corrected chi connectivity index (χ4v) is 5.09. The van der Waals surface area contributed by atoms with Gasteiger partial charge in [0.15, 0.2) is 9.84 Å². The second-order valence-electron chi connectivity index (χ2n) is 4.79. The van der Waals surface area contributed by atoms with Crippen molar-refractivity contribution in [3.63, 3.8) is 0 Å². The van der Waals surface area contributed by atoms with Crippen molar-refractivity contribution in [3.05, 3.63) is 29.6 Å². The normalized spacial score (nSPS) is 20.8. The summed E-state index contributed by atoms with van der Waals surface area (Å²) in [5, 5.41) is 6.94. The predicted molar refractivity (Wildman–Crippen MR) is 81.6 cm³/mol. The Kier molecular flexibility index (Phi) is 4.66. The maximum absolute atomic E-state index is 11.8. The Labute approximate surface area is 123 Å². The Balaban J connectivity index is 2.19. The zero-order valence-electron chi connectivity index (χ0n) is 11.2. The van der Waals surface area contributed by atoms with Gasteiger partial charge in [-0.15, -0.1) is 0 Å². The molecule has 0 amide bonds. The van der Waals surface area contributed by atoms with E-state index in [1.54, 1.807) is 24.0 Å². The van der Waals surface area contributed by atoms with Crippen LogP contribution in [0.3, 0.4) is 0 Å². The predicted octanol–water partition coefficient (Wildman–Crippen LogP) is 0.285. The van der Waals surface area contributed by atoms with Crippen LogP contribution in [0.5, 0.6) is 0 Å². The van der Waals surface area contributed by atoms with Crippen LogP contribution in [0.25, 0.3) is 0 Å². The van der Waals surface area contributed by atoms with E-state index in [9.17, 15) is 8.42 Å². The van der Waals surface area contributed by atoms with Crippen LogP contribution in [0.2, 0.25) is 0 Å². The number of nitrogens with one attached hydrogen (secondary N) is 1. The minimum Gasteiger partial charge on any atom is -0.382 e. The molecule has 1 unspecified atom stereocenters. The van der Waals surface area contributed by atoms with Crippen molar-refractivity contribution in [1.82, 2.24) is 9.88 Å². The van der Waals surface area contributed by atoms with E-state index in [0.29, 0.717) is 18.0 Å². The summed E-state index contributed by atoms with van der Waals surface area (Å²) in [4.78, 5) is 5.97. The van der Waals surface area contributed by atoms with Gasteiger partial charge in [0.1, 0.15) is 16.9 Å². The van der Waals surface area contributed by atoms with Gasteiger partial charge in [-0.1, -0.05) is 0 Å². The van der Waals surface area contributed by atoms with E-state index in [4.69, 9.17) is 11.1 Å². The van der Waals surface area contributed by atoms with E-state index in [1.165, 1.54) is 6.26 Å². The number of thioether (sulfide) groups is 1. The number of sulfone groups is 1. The molecule has 2 heterocycles. The largest absolute Gasteiger partial charge is 0.382 e. The van der Waals surface area contributed by atoms with Gasteiger partial charge in [-0.2, -0.15) is 11.8 Å². The first kappa shape index (κ1) is 15.3. The Morgan fingerprint density at radius 2 is 2.40 bits per heavy atom. The SMILES string of the molecule is CS(=O)(=O)C1CSCCN1Cc1ccnc(C(=N)N)c1. The average Bonchev–Trinajstić information content (AvgIpc) is 2.38. The Bertz CT molecular complexity index is 603. The van der Waals surface area contributed by atoms with Crippen molar-refractivity contribution >= 4 is 27.4 Å². The minimum atomic E-state index is -3.10. The summed E-state index contributed by atoms with van der Waals surface area (Å²) < 4.78 is 23.7. The molecule has 110 valence electrons. The summed E-state index contributed by atoms with van der Waals surface area (Å²) in [6.45, 7) is 1.27. The maximum Gasteiger partial charge on any atom is 0.164 e. The summed E-state index contributed by atoms with van der Waals surface area (Å²) in [7, 11) is -3.10. The third kappa shape index (κ3) is 3.71. The highest BCUT2D eigenvalue weighted by atomic mass is 32.2. The summed E-state index contributed by atoms with van der Waals surface area (Å²) >= 11 is 1.66. The van der Waals surface area contributed by atoms with E-state index in [1.807, 2.05) is 11.0 Å². The zero-order valence-corrected chi connectivity index (χ0v) is 12.9. The second-order valence-corrected chi connectivity index (χ2v) is 8.15. The van der Waals surface area contributed by atoms with Crippen LogP contribution in [0.4, 0.5) is 0 Å². The van der Waals surface area contributed by atoms with Gasteiger partial charge in [0.05, 0.1) is 0 Å². The quantitative estimate of drug-likeness (QED) is 0.612. The fourth-order valence-electron chi connectivity index (χ4n) is 2.15. The number of hydrogen-bond donors (Lipinski definition) is 2. The van der Waals surface area contributed by atoms with Gasteiger partial charge < -0.3 is 5.73 Å². The molecule has 0 radical (unpaired) electrons. The minimum absolute atomic E-state index is 0.0827. The molecule has 3 N–H and O–H groups in total. The van der Waals surface area contributed by atoms with E-state index >= 15 is 0 Å². The van der Waals surface area contributed by atoms with E-state index in [0.717, 1.165) is 17.9 Å². The van der Waals surface area contributed by atoms with Crippen LogP contribution in [0, 0.1) is 5.41 Å². The van der Waals surface area contributed by atoms with E-state index in [2.05, 4.69) is 4.98 Å². The lowest BCUT2D eigenvalue weighted by atomic mass is 10.2. The van der Waals surface area contributed by atoms with Gasteiger partial charge in [0, 0.05) is 37.0 Å². The summed E-state index contributed by atoms with van der Waals surface area (Å²) in [5.41, 5.74) is 6.76. The molecular formula is C12H18N4O2S2. The Hall–Kier alpha value is -1.12. The third-order valence-electron chi connectivity index (χ3n) is 3.17. The fraction of sp³-hybridized carbons (Fsp3) is 0.500. The van der Waals surface area contributed by atoms with Crippen LogP contribution in [0.15, 0.2) is 18.3 Å². The van der Waals surface area contributed by atoms with Crippen molar-refractivity contribution in [2.75, 3.05) is 24.3 Å². The molecule has 0 saturated carbocycles. The number of nitrogens with zero attached hydrogens (tertiary/aromatic N) is 2. The highest BCUT2D eigenvalue weighted by Crippen LogP contribution is 2.22. The number of rotatable bonds is 4. The molecule has 0 aliphatic carbocycles. The highest BCUT2D eigenvalue weighted by molar-refractivity contribution is 8.00. The smallest absolute Gasteiger partial charge is 0.164 e. The number of nitrogen functional groups attached to an aromatic ring is 1. The van der Waals surface area contributed by atoms with Crippen molar-refractivity contribution in [1.29, 1.82) is 5.41 Å². The van der Waals surface area contributed by atoms with Gasteiger partial charge >= 0.3 is 0 Å². The summed E-state index contributed by atoms with van der Waals surface area (Å²) in [5.74, 6) is 1.45. The van der Waals surface area contributed by atoms with Gasteiger partial charge in [-0.3, -0.25) is 15.3 Å². The molecule has 1 aliphatic rings. The molecule has 2 rings (SSSR count). The Morgan fingerprint density at radius 1 is 1.65 bits per heavy atom. The number of hydrogen-bond acceptors (Lipinski definition) is 6.